The fourth-order valence-corrected chi connectivity index (χ4v) is 5.83. The van der Waals surface area contributed by atoms with Gasteiger partial charge in [-0.15, -0.1) is 0 Å². The quantitative estimate of drug-likeness (QED) is 0.0718. The first-order valence-electron chi connectivity index (χ1n) is 17.3. The minimum Gasteiger partial charge on any atom is -0.455 e. The van der Waals surface area contributed by atoms with Gasteiger partial charge in [0.05, 0.1) is 12.2 Å². The second-order valence-corrected chi connectivity index (χ2v) is 12.4. The van der Waals surface area contributed by atoms with E-state index in [0.29, 0.717) is 0 Å². The summed E-state index contributed by atoms with van der Waals surface area (Å²) in [6.45, 7) is 4.19. The predicted molar refractivity (Wildman–Crippen MR) is 166 cm³/mol. The number of hydrogen-bond donors (Lipinski definition) is 2. The SMILES string of the molecule is CCCCCCCCCCCCCCCC[C@@H](O)[C@H](O)CCCCCCCCCCCCC1=C[C@H](C)OC1=O. The Hall–Kier alpha value is -0.870. The molecule has 0 bridgehead atoms. The van der Waals surface area contributed by atoms with Gasteiger partial charge < -0.3 is 14.9 Å². The second-order valence-electron chi connectivity index (χ2n) is 12.4. The second kappa shape index (κ2) is 26.1. The van der Waals surface area contributed by atoms with Crippen molar-refractivity contribution in [3.63, 3.8) is 0 Å². The Balaban J connectivity index is 1.77. The van der Waals surface area contributed by atoms with Crippen molar-refractivity contribution in [3.8, 4) is 0 Å². The fraction of sp³-hybridized carbons (Fsp3) is 0.914. The van der Waals surface area contributed by atoms with E-state index in [1.54, 1.807) is 0 Å². The van der Waals surface area contributed by atoms with E-state index in [0.717, 1.165) is 50.5 Å². The summed E-state index contributed by atoms with van der Waals surface area (Å²) in [5.41, 5.74) is 0.870. The summed E-state index contributed by atoms with van der Waals surface area (Å²) in [6, 6.07) is 0. The first-order valence-corrected chi connectivity index (χ1v) is 17.3. The topological polar surface area (TPSA) is 66.8 Å². The van der Waals surface area contributed by atoms with Crippen LogP contribution in [0.5, 0.6) is 0 Å². The molecule has 1 heterocycles. The van der Waals surface area contributed by atoms with E-state index < -0.39 is 12.2 Å². The lowest BCUT2D eigenvalue weighted by atomic mass is 9.99. The Labute approximate surface area is 242 Å². The van der Waals surface area contributed by atoms with Crippen LogP contribution < -0.4 is 0 Å². The Bertz CT molecular complexity index is 587. The maximum atomic E-state index is 11.6. The van der Waals surface area contributed by atoms with Crippen LogP contribution in [0.1, 0.15) is 187 Å². The van der Waals surface area contributed by atoms with Crippen LogP contribution in [0.3, 0.4) is 0 Å². The van der Waals surface area contributed by atoms with Crippen LogP contribution in [-0.4, -0.2) is 34.5 Å². The zero-order valence-corrected chi connectivity index (χ0v) is 26.1. The highest BCUT2D eigenvalue weighted by atomic mass is 16.5. The third-order valence-corrected chi connectivity index (χ3v) is 8.48. The Morgan fingerprint density at radius 2 is 0.923 bits per heavy atom. The molecule has 0 aromatic heterocycles. The van der Waals surface area contributed by atoms with Crippen molar-refractivity contribution in [3.05, 3.63) is 11.6 Å². The molecular formula is C35H66O4. The molecule has 0 radical (unpaired) electrons. The molecule has 39 heavy (non-hydrogen) atoms. The number of carbonyl (C=O) groups excluding carboxylic acids is 1. The number of aliphatic hydroxyl groups excluding tert-OH is 2. The summed E-state index contributed by atoms with van der Waals surface area (Å²) in [7, 11) is 0. The zero-order chi connectivity index (χ0) is 28.4. The number of unbranched alkanes of at least 4 members (excludes halogenated alkanes) is 22. The van der Waals surface area contributed by atoms with Crippen molar-refractivity contribution in [2.75, 3.05) is 0 Å². The lowest BCUT2D eigenvalue weighted by Crippen LogP contribution is -2.25. The van der Waals surface area contributed by atoms with Gasteiger partial charge in [0.25, 0.3) is 0 Å². The van der Waals surface area contributed by atoms with Crippen LogP contribution in [0.25, 0.3) is 0 Å². The number of esters is 1. The molecule has 0 amide bonds. The van der Waals surface area contributed by atoms with Crippen molar-refractivity contribution in [1.29, 1.82) is 0 Å². The van der Waals surface area contributed by atoms with Gasteiger partial charge in [0, 0.05) is 5.57 Å². The van der Waals surface area contributed by atoms with Crippen LogP contribution in [0.2, 0.25) is 0 Å². The standard InChI is InChI=1S/C35H66O4/c1-3-4-5-6-7-8-9-10-11-12-16-19-22-25-28-33(36)34(37)29-26-23-20-17-14-13-15-18-21-24-27-32-30-31(2)39-35(32)38/h30-31,33-34,36-37H,3-29H2,1-2H3/t31-,33+,34+/m0/s1. The number of ether oxygens (including phenoxy) is 1. The zero-order valence-electron chi connectivity index (χ0n) is 26.1. The van der Waals surface area contributed by atoms with Gasteiger partial charge in [-0.25, -0.2) is 4.79 Å². The number of carbonyl (C=O) groups is 1. The fourth-order valence-electron chi connectivity index (χ4n) is 5.83. The maximum absolute atomic E-state index is 11.6. The smallest absolute Gasteiger partial charge is 0.334 e. The summed E-state index contributed by atoms with van der Waals surface area (Å²) in [5, 5.41) is 20.6. The van der Waals surface area contributed by atoms with Gasteiger partial charge in [0.1, 0.15) is 6.10 Å². The van der Waals surface area contributed by atoms with Crippen molar-refractivity contribution < 1.29 is 19.7 Å². The minimum absolute atomic E-state index is 0.0420. The molecule has 0 unspecified atom stereocenters. The minimum atomic E-state index is -0.544. The molecule has 1 aliphatic rings. The first-order chi connectivity index (χ1) is 19.0. The number of cyclic esters (lactones) is 1. The van der Waals surface area contributed by atoms with Gasteiger partial charge >= 0.3 is 5.97 Å². The van der Waals surface area contributed by atoms with Crippen molar-refractivity contribution in [2.45, 2.75) is 206 Å². The number of rotatable bonds is 29. The summed E-state index contributed by atoms with van der Waals surface area (Å²) >= 11 is 0. The summed E-state index contributed by atoms with van der Waals surface area (Å²) in [4.78, 5) is 11.6. The van der Waals surface area contributed by atoms with Gasteiger partial charge in [-0.05, 0) is 38.7 Å². The van der Waals surface area contributed by atoms with Crippen LogP contribution >= 0.6 is 0 Å². The Morgan fingerprint density at radius 3 is 1.26 bits per heavy atom. The summed E-state index contributed by atoms with van der Waals surface area (Å²) < 4.78 is 5.14. The van der Waals surface area contributed by atoms with Crippen LogP contribution in [-0.2, 0) is 9.53 Å². The summed E-state index contributed by atoms with van der Waals surface area (Å²) in [5.74, 6) is -0.116. The monoisotopic (exact) mass is 550 g/mol. The molecule has 0 aliphatic carbocycles. The molecule has 4 nitrogen and oxygen atoms in total. The Kier molecular flexibility index (Phi) is 24.2. The molecular weight excluding hydrogens is 484 g/mol. The number of aliphatic hydroxyl groups is 2. The van der Waals surface area contributed by atoms with E-state index in [1.807, 2.05) is 13.0 Å². The largest absolute Gasteiger partial charge is 0.455 e. The normalized spacial score (nSPS) is 16.9. The third-order valence-electron chi connectivity index (χ3n) is 8.48. The highest BCUT2D eigenvalue weighted by Crippen LogP contribution is 2.20. The van der Waals surface area contributed by atoms with E-state index in [-0.39, 0.29) is 12.1 Å². The van der Waals surface area contributed by atoms with Crippen LogP contribution in [0.4, 0.5) is 0 Å². The lowest BCUT2D eigenvalue weighted by Gasteiger charge is -2.17. The summed E-state index contributed by atoms with van der Waals surface area (Å²) in [6.07, 6.45) is 34.1. The van der Waals surface area contributed by atoms with E-state index in [4.69, 9.17) is 4.74 Å². The van der Waals surface area contributed by atoms with Crippen molar-refractivity contribution in [1.82, 2.24) is 0 Å². The van der Waals surface area contributed by atoms with E-state index >= 15 is 0 Å². The maximum Gasteiger partial charge on any atom is 0.334 e. The van der Waals surface area contributed by atoms with Gasteiger partial charge in [-0.2, -0.15) is 0 Å². The molecule has 3 atom stereocenters. The Morgan fingerprint density at radius 1 is 0.590 bits per heavy atom. The molecule has 0 spiro atoms. The van der Waals surface area contributed by atoms with Crippen LogP contribution in [0.15, 0.2) is 11.6 Å². The molecule has 0 fully saturated rings. The average molecular weight is 551 g/mol. The van der Waals surface area contributed by atoms with Crippen molar-refractivity contribution >= 4 is 5.97 Å². The molecule has 0 aromatic rings. The van der Waals surface area contributed by atoms with Gasteiger partial charge in [-0.1, -0.05) is 155 Å². The molecule has 1 aliphatic heterocycles. The molecule has 0 aromatic carbocycles. The predicted octanol–water partition coefficient (Wildman–Crippen LogP) is 10.1. The molecule has 4 heteroatoms. The third kappa shape index (κ3) is 21.5. The first kappa shape index (κ1) is 36.2. The highest BCUT2D eigenvalue weighted by molar-refractivity contribution is 5.90. The molecule has 1 rings (SSSR count). The molecule has 0 saturated heterocycles. The van der Waals surface area contributed by atoms with Crippen LogP contribution in [0, 0.1) is 0 Å². The van der Waals surface area contributed by atoms with Gasteiger partial charge in [0.2, 0.25) is 0 Å². The molecule has 2 N–H and O–H groups in total. The molecule has 0 saturated carbocycles. The highest BCUT2D eigenvalue weighted by Gasteiger charge is 2.21. The average Bonchev–Trinajstić information content (AvgIpc) is 3.25. The van der Waals surface area contributed by atoms with Gasteiger partial charge in [-0.3, -0.25) is 0 Å². The van der Waals surface area contributed by atoms with E-state index in [2.05, 4.69) is 6.92 Å². The number of hydrogen-bond acceptors (Lipinski definition) is 4. The van der Waals surface area contributed by atoms with E-state index in [9.17, 15) is 15.0 Å². The molecule has 230 valence electrons. The lowest BCUT2D eigenvalue weighted by molar-refractivity contribution is -0.139. The van der Waals surface area contributed by atoms with E-state index in [1.165, 1.54) is 128 Å². The van der Waals surface area contributed by atoms with Gasteiger partial charge in [0.15, 0.2) is 0 Å². The van der Waals surface area contributed by atoms with Crippen molar-refractivity contribution in [2.24, 2.45) is 0 Å².